The maximum atomic E-state index is 9.41. The quantitative estimate of drug-likeness (QED) is 0.857. The minimum Gasteiger partial charge on any atom is -0.394 e. The minimum absolute atomic E-state index is 0.187. The molecular weight excluding hydrogens is 256 g/mol. The number of ether oxygens (including phenoxy) is 1. The van der Waals surface area contributed by atoms with E-state index in [4.69, 9.17) is 4.74 Å². The first-order chi connectivity index (χ1) is 9.86. The number of aliphatic hydroxyl groups excluding tert-OH is 1. The van der Waals surface area contributed by atoms with Gasteiger partial charge in [-0.2, -0.15) is 0 Å². The van der Waals surface area contributed by atoms with Gasteiger partial charge in [0, 0.05) is 31.9 Å². The van der Waals surface area contributed by atoms with Crippen LogP contribution < -0.4 is 10.2 Å². The van der Waals surface area contributed by atoms with Crippen molar-refractivity contribution in [3.63, 3.8) is 0 Å². The van der Waals surface area contributed by atoms with Crippen LogP contribution in [0, 0.1) is 0 Å². The van der Waals surface area contributed by atoms with Gasteiger partial charge in [0.2, 0.25) is 0 Å². The third kappa shape index (κ3) is 3.02. The first kappa shape index (κ1) is 13.6. The summed E-state index contributed by atoms with van der Waals surface area (Å²) in [5.74, 6) is 1.77. The number of nitrogens with zero attached hydrogens (tertiary/aromatic N) is 3. The first-order valence-electron chi connectivity index (χ1n) is 7.40. The first-order valence-corrected chi connectivity index (χ1v) is 7.40. The van der Waals surface area contributed by atoms with Gasteiger partial charge in [-0.25, -0.2) is 9.97 Å². The summed E-state index contributed by atoms with van der Waals surface area (Å²) in [6.45, 7) is 2.77. The Morgan fingerprint density at radius 1 is 1.30 bits per heavy atom. The van der Waals surface area contributed by atoms with Crippen LogP contribution in [-0.2, 0) is 4.74 Å². The molecular formula is C14H22N4O2. The van der Waals surface area contributed by atoms with Gasteiger partial charge in [0.1, 0.15) is 18.0 Å². The van der Waals surface area contributed by atoms with E-state index < -0.39 is 0 Å². The van der Waals surface area contributed by atoms with Crippen molar-refractivity contribution in [2.24, 2.45) is 0 Å². The zero-order valence-electron chi connectivity index (χ0n) is 11.7. The molecule has 2 saturated heterocycles. The molecule has 0 saturated carbocycles. The summed E-state index contributed by atoms with van der Waals surface area (Å²) in [4.78, 5) is 10.8. The monoisotopic (exact) mass is 278 g/mol. The summed E-state index contributed by atoms with van der Waals surface area (Å²) >= 11 is 0. The maximum Gasteiger partial charge on any atom is 0.134 e. The van der Waals surface area contributed by atoms with Crippen molar-refractivity contribution in [2.75, 3.05) is 36.6 Å². The van der Waals surface area contributed by atoms with Crippen molar-refractivity contribution < 1.29 is 9.84 Å². The van der Waals surface area contributed by atoms with E-state index in [1.54, 1.807) is 6.33 Å². The zero-order valence-corrected chi connectivity index (χ0v) is 11.7. The van der Waals surface area contributed by atoms with Crippen LogP contribution in [0.5, 0.6) is 0 Å². The van der Waals surface area contributed by atoms with Crippen molar-refractivity contribution in [1.82, 2.24) is 9.97 Å². The molecule has 6 nitrogen and oxygen atoms in total. The Kier molecular flexibility index (Phi) is 4.32. The third-order valence-electron chi connectivity index (χ3n) is 4.11. The highest BCUT2D eigenvalue weighted by molar-refractivity contribution is 5.50. The molecule has 2 aliphatic rings. The lowest BCUT2D eigenvalue weighted by Gasteiger charge is -2.26. The number of anilines is 2. The lowest BCUT2D eigenvalue weighted by Crippen LogP contribution is -2.33. The number of rotatable bonds is 4. The maximum absolute atomic E-state index is 9.41. The van der Waals surface area contributed by atoms with Gasteiger partial charge in [-0.05, 0) is 25.7 Å². The lowest BCUT2D eigenvalue weighted by molar-refractivity contribution is 0.0904. The Morgan fingerprint density at radius 2 is 2.15 bits per heavy atom. The third-order valence-corrected chi connectivity index (χ3v) is 4.11. The van der Waals surface area contributed by atoms with Gasteiger partial charge in [-0.1, -0.05) is 0 Å². The topological polar surface area (TPSA) is 70.5 Å². The number of hydrogen-bond donors (Lipinski definition) is 2. The van der Waals surface area contributed by atoms with E-state index in [9.17, 15) is 5.11 Å². The van der Waals surface area contributed by atoms with Crippen LogP contribution >= 0.6 is 0 Å². The Morgan fingerprint density at radius 3 is 2.95 bits per heavy atom. The molecule has 0 amide bonds. The Bertz CT molecular complexity index is 437. The van der Waals surface area contributed by atoms with E-state index >= 15 is 0 Å². The van der Waals surface area contributed by atoms with Crippen LogP contribution in [0.1, 0.15) is 25.7 Å². The van der Waals surface area contributed by atoms with Crippen LogP contribution in [0.15, 0.2) is 12.4 Å². The molecule has 2 fully saturated rings. The van der Waals surface area contributed by atoms with Crippen molar-refractivity contribution in [2.45, 2.75) is 37.8 Å². The molecule has 1 unspecified atom stereocenters. The van der Waals surface area contributed by atoms with Gasteiger partial charge in [0.25, 0.3) is 0 Å². The largest absolute Gasteiger partial charge is 0.394 e. The second-order valence-corrected chi connectivity index (χ2v) is 5.46. The van der Waals surface area contributed by atoms with Gasteiger partial charge < -0.3 is 20.1 Å². The van der Waals surface area contributed by atoms with Crippen molar-refractivity contribution in [3.8, 4) is 0 Å². The Balaban J connectivity index is 1.69. The Hall–Kier alpha value is -1.40. The summed E-state index contributed by atoms with van der Waals surface area (Å²) in [5.41, 5.74) is 0. The van der Waals surface area contributed by atoms with Crippen molar-refractivity contribution in [3.05, 3.63) is 12.4 Å². The fourth-order valence-electron chi connectivity index (χ4n) is 2.96. The van der Waals surface area contributed by atoms with E-state index in [0.29, 0.717) is 6.04 Å². The van der Waals surface area contributed by atoms with Gasteiger partial charge in [0.05, 0.1) is 12.6 Å². The van der Waals surface area contributed by atoms with Gasteiger partial charge in [-0.15, -0.1) is 0 Å². The van der Waals surface area contributed by atoms with Gasteiger partial charge in [0.15, 0.2) is 0 Å². The number of hydrogen-bond acceptors (Lipinski definition) is 6. The summed E-state index contributed by atoms with van der Waals surface area (Å²) in [6, 6.07) is 2.61. The minimum atomic E-state index is 0.187. The molecule has 110 valence electrons. The second-order valence-electron chi connectivity index (χ2n) is 5.46. The second kappa shape index (κ2) is 6.37. The molecule has 2 N–H and O–H groups in total. The molecule has 0 aliphatic carbocycles. The lowest BCUT2D eigenvalue weighted by atomic mass is 10.1. The molecule has 1 aromatic heterocycles. The predicted octanol–water partition coefficient (Wildman–Crippen LogP) is 1.03. The Labute approximate surface area is 119 Å². The van der Waals surface area contributed by atoms with E-state index in [1.165, 1.54) is 0 Å². The van der Waals surface area contributed by atoms with E-state index in [2.05, 4.69) is 20.2 Å². The zero-order chi connectivity index (χ0) is 13.8. The van der Waals surface area contributed by atoms with Gasteiger partial charge >= 0.3 is 0 Å². The van der Waals surface area contributed by atoms with E-state index in [1.807, 2.05) is 6.07 Å². The molecule has 3 rings (SSSR count). The smallest absolute Gasteiger partial charge is 0.134 e. The summed E-state index contributed by atoms with van der Waals surface area (Å²) in [5, 5.41) is 12.9. The fourth-order valence-corrected chi connectivity index (χ4v) is 2.96. The van der Waals surface area contributed by atoms with E-state index in [-0.39, 0.29) is 12.6 Å². The molecule has 1 atom stereocenters. The number of aromatic nitrogens is 2. The molecule has 0 spiro atoms. The summed E-state index contributed by atoms with van der Waals surface area (Å²) < 4.78 is 5.36. The standard InChI is InChI=1S/C14H22N4O2/c19-9-12-2-1-5-18(12)14-8-13(15-10-16-14)17-11-3-6-20-7-4-11/h8,10-12,19H,1-7,9H2,(H,15,16,17). The molecule has 0 bridgehead atoms. The van der Waals surface area contributed by atoms with Crippen LogP contribution in [0.25, 0.3) is 0 Å². The van der Waals surface area contributed by atoms with Crippen molar-refractivity contribution >= 4 is 11.6 Å². The number of aliphatic hydroxyl groups is 1. The molecule has 0 radical (unpaired) electrons. The highest BCUT2D eigenvalue weighted by atomic mass is 16.5. The van der Waals surface area contributed by atoms with Gasteiger partial charge in [-0.3, -0.25) is 0 Å². The normalized spacial score (nSPS) is 24.1. The number of nitrogens with one attached hydrogen (secondary N) is 1. The van der Waals surface area contributed by atoms with Crippen molar-refractivity contribution in [1.29, 1.82) is 0 Å². The van der Waals surface area contributed by atoms with E-state index in [0.717, 1.165) is 57.1 Å². The van der Waals surface area contributed by atoms with Crippen LogP contribution in [0.3, 0.4) is 0 Å². The average Bonchev–Trinajstić information content (AvgIpc) is 2.97. The predicted molar refractivity (Wildman–Crippen MR) is 76.9 cm³/mol. The summed E-state index contributed by atoms with van der Waals surface area (Å²) in [7, 11) is 0. The molecule has 20 heavy (non-hydrogen) atoms. The van der Waals surface area contributed by atoms with Crippen LogP contribution in [-0.4, -0.2) is 53.5 Å². The molecule has 6 heteroatoms. The van der Waals surface area contributed by atoms with Crippen LogP contribution in [0.2, 0.25) is 0 Å². The molecule has 3 heterocycles. The summed E-state index contributed by atoms with van der Waals surface area (Å²) in [6.07, 6.45) is 5.77. The van der Waals surface area contributed by atoms with Crippen LogP contribution in [0.4, 0.5) is 11.6 Å². The average molecular weight is 278 g/mol. The molecule has 1 aromatic rings. The molecule has 0 aromatic carbocycles. The SMILES string of the molecule is OCC1CCCN1c1cc(NC2CCOCC2)ncn1. The highest BCUT2D eigenvalue weighted by Gasteiger charge is 2.25. The highest BCUT2D eigenvalue weighted by Crippen LogP contribution is 2.25. The molecule has 2 aliphatic heterocycles. The fraction of sp³-hybridized carbons (Fsp3) is 0.714.